The molecule has 1 unspecified atom stereocenters. The first-order chi connectivity index (χ1) is 24.3. The number of para-hydroxylation sites is 1. The minimum Gasteiger partial charge on any atom is -0.497 e. The molecule has 52 heavy (non-hydrogen) atoms. The van der Waals surface area contributed by atoms with E-state index in [1.807, 2.05) is 12.1 Å². The number of sulfonamides is 1. The van der Waals surface area contributed by atoms with Gasteiger partial charge in [-0.3, -0.25) is 14.6 Å². The highest BCUT2D eigenvalue weighted by Gasteiger charge is 2.59. The zero-order valence-corrected chi connectivity index (χ0v) is 29.9. The van der Waals surface area contributed by atoms with Crippen LogP contribution in [0, 0.1) is 0 Å². The van der Waals surface area contributed by atoms with Gasteiger partial charge in [-0.2, -0.15) is 4.31 Å². The summed E-state index contributed by atoms with van der Waals surface area (Å²) in [5.41, 5.74) is -1.82. The van der Waals surface area contributed by atoms with Crippen LogP contribution in [-0.4, -0.2) is 83.5 Å². The molecule has 2 aliphatic rings. The number of benzene rings is 3. The number of carbonyl (C=O) groups excluding carboxylic acids is 2. The Morgan fingerprint density at radius 1 is 0.923 bits per heavy atom. The lowest BCUT2D eigenvalue weighted by molar-refractivity contribution is -0.275. The van der Waals surface area contributed by atoms with Gasteiger partial charge >= 0.3 is 6.36 Å². The molecule has 18 heteroatoms. The molecular formula is C34H31Cl2F3N4O8S. The Bertz CT molecular complexity index is 2070. The fraction of sp³-hybridized carbons (Fsp3) is 0.265. The summed E-state index contributed by atoms with van der Waals surface area (Å²) in [5.74, 6) is -2.93. The van der Waals surface area contributed by atoms with Crippen molar-refractivity contribution < 1.29 is 50.1 Å². The summed E-state index contributed by atoms with van der Waals surface area (Å²) in [7, 11) is -2.70. The number of nitrogens with zero attached hydrogens (tertiary/aromatic N) is 4. The van der Waals surface area contributed by atoms with E-state index in [0.717, 1.165) is 23.9 Å². The van der Waals surface area contributed by atoms with Crippen molar-refractivity contribution in [2.45, 2.75) is 16.9 Å². The third-order valence-electron chi connectivity index (χ3n) is 8.48. The zero-order valence-electron chi connectivity index (χ0n) is 27.5. The van der Waals surface area contributed by atoms with Crippen molar-refractivity contribution in [3.63, 3.8) is 0 Å². The summed E-state index contributed by atoms with van der Waals surface area (Å²) in [4.78, 5) is 35.3. The quantitative estimate of drug-likeness (QED) is 0.206. The monoisotopic (exact) mass is 782 g/mol. The minimum absolute atomic E-state index is 0. The Hall–Kier alpha value is -4.77. The number of ether oxygens (including phenoxy) is 4. The van der Waals surface area contributed by atoms with Crippen LogP contribution in [0.1, 0.15) is 11.1 Å². The molecule has 276 valence electrons. The Kier molecular flexibility index (Phi) is 11.1. The summed E-state index contributed by atoms with van der Waals surface area (Å²) in [5, 5.41) is 0.0760. The molecule has 0 radical (unpaired) electrons. The van der Waals surface area contributed by atoms with Crippen molar-refractivity contribution in [3.8, 4) is 17.2 Å². The predicted octanol–water partition coefficient (Wildman–Crippen LogP) is 5.42. The summed E-state index contributed by atoms with van der Waals surface area (Å²) >= 11 is 6.41. The zero-order chi connectivity index (χ0) is 36.6. The molecule has 1 fully saturated rings. The topological polar surface area (TPSA) is 128 Å². The number of hydrogen-bond donors (Lipinski definition) is 0. The van der Waals surface area contributed by atoms with E-state index >= 15 is 0 Å². The third kappa shape index (κ3) is 7.15. The summed E-state index contributed by atoms with van der Waals surface area (Å²) in [6.45, 7) is 0.914. The maximum atomic E-state index is 14.9. The third-order valence-corrected chi connectivity index (χ3v) is 10.5. The normalized spacial score (nSPS) is 17.3. The smallest absolute Gasteiger partial charge is 0.497 e. The maximum Gasteiger partial charge on any atom is 0.573 e. The van der Waals surface area contributed by atoms with Gasteiger partial charge in [-0.1, -0.05) is 29.8 Å². The molecule has 1 aromatic heterocycles. The highest BCUT2D eigenvalue weighted by molar-refractivity contribution is 7.93. The molecule has 0 spiro atoms. The lowest BCUT2D eigenvalue weighted by atomic mass is 9.86. The highest BCUT2D eigenvalue weighted by Crippen LogP contribution is 2.52. The number of pyridine rings is 1. The molecule has 4 aromatic rings. The summed E-state index contributed by atoms with van der Waals surface area (Å²) in [6, 6.07) is 16.3. The molecule has 3 aromatic carbocycles. The summed E-state index contributed by atoms with van der Waals surface area (Å²) < 4.78 is 90.7. The lowest BCUT2D eigenvalue weighted by Gasteiger charge is -2.37. The number of fused-ring (bicyclic) bond motifs is 1. The molecule has 6 rings (SSSR count). The fourth-order valence-electron chi connectivity index (χ4n) is 6.13. The Morgan fingerprint density at radius 3 is 2.31 bits per heavy atom. The van der Waals surface area contributed by atoms with Gasteiger partial charge in [-0.05, 0) is 48.5 Å². The van der Waals surface area contributed by atoms with Gasteiger partial charge in [-0.25, -0.2) is 8.42 Å². The first kappa shape index (κ1) is 38.5. The number of piperazine rings is 1. The van der Waals surface area contributed by atoms with Gasteiger partial charge in [0.25, 0.3) is 15.9 Å². The Balaban J connectivity index is 0.00000523. The van der Waals surface area contributed by atoms with Crippen LogP contribution in [0.5, 0.6) is 17.2 Å². The van der Waals surface area contributed by atoms with Crippen LogP contribution >= 0.6 is 24.0 Å². The molecule has 2 aliphatic heterocycles. The fourth-order valence-corrected chi connectivity index (χ4v) is 7.86. The Labute approximate surface area is 308 Å². The highest BCUT2D eigenvalue weighted by atomic mass is 35.5. The van der Waals surface area contributed by atoms with Gasteiger partial charge in [0.1, 0.15) is 23.0 Å². The average molecular weight is 784 g/mol. The SMILES string of the molecule is COc1ccc(S(=O)(=O)N2C(=O)C(OCC(=O)N3CCN(c4cccnc4)CC3)(c3ccccc3OC)c3cc(Cl)ccc32)c(OC(F)(F)F)c1.Cl. The van der Waals surface area contributed by atoms with Crippen molar-refractivity contribution in [2.75, 3.05) is 56.2 Å². The van der Waals surface area contributed by atoms with Crippen LogP contribution in [-0.2, 0) is 30.0 Å². The van der Waals surface area contributed by atoms with Crippen LogP contribution in [0.15, 0.2) is 90.1 Å². The molecule has 0 bridgehead atoms. The van der Waals surface area contributed by atoms with Crippen LogP contribution in [0.4, 0.5) is 24.5 Å². The van der Waals surface area contributed by atoms with E-state index in [9.17, 15) is 31.2 Å². The molecule has 1 atom stereocenters. The van der Waals surface area contributed by atoms with E-state index in [1.165, 1.54) is 44.6 Å². The molecular weight excluding hydrogens is 752 g/mol. The van der Waals surface area contributed by atoms with Crippen molar-refractivity contribution in [1.29, 1.82) is 0 Å². The molecule has 0 saturated carbocycles. The van der Waals surface area contributed by atoms with Crippen molar-refractivity contribution in [2.24, 2.45) is 0 Å². The van der Waals surface area contributed by atoms with E-state index in [4.69, 9.17) is 25.8 Å². The number of rotatable bonds is 10. The van der Waals surface area contributed by atoms with Gasteiger partial charge < -0.3 is 28.7 Å². The van der Waals surface area contributed by atoms with Crippen molar-refractivity contribution >= 4 is 57.2 Å². The molecule has 3 heterocycles. The van der Waals surface area contributed by atoms with Crippen LogP contribution in [0.25, 0.3) is 0 Å². The number of anilines is 2. The van der Waals surface area contributed by atoms with Gasteiger partial charge in [0.05, 0.1) is 31.8 Å². The summed E-state index contributed by atoms with van der Waals surface area (Å²) in [6.07, 6.45) is -1.92. The standard InChI is InChI=1S/C34H30ClF3N4O8S.ClH/c1-47-24-10-12-30(29(19-24)50-34(36,37)38)51(45,46)42-27-11-9-22(35)18-26(27)33(32(42)44,25-7-3-4-8-28(25)48-2)49-21-31(43)41-16-14-40(15-17-41)23-6-5-13-39-20-23;/h3-13,18-20H,14-17,21H2,1-2H3;1H. The lowest BCUT2D eigenvalue weighted by Crippen LogP contribution is -2.51. The second-order valence-electron chi connectivity index (χ2n) is 11.3. The number of alkyl halides is 3. The number of hydrogen-bond acceptors (Lipinski definition) is 10. The molecule has 1 saturated heterocycles. The van der Waals surface area contributed by atoms with E-state index in [0.29, 0.717) is 30.5 Å². The van der Waals surface area contributed by atoms with Gasteiger partial charge in [-0.15, -0.1) is 25.6 Å². The van der Waals surface area contributed by atoms with Gasteiger partial charge in [0.2, 0.25) is 11.5 Å². The number of aromatic nitrogens is 1. The van der Waals surface area contributed by atoms with Crippen LogP contribution < -0.4 is 23.4 Å². The number of carbonyl (C=O) groups is 2. The number of halogens is 5. The van der Waals surface area contributed by atoms with Crippen LogP contribution in [0.3, 0.4) is 0 Å². The predicted molar refractivity (Wildman–Crippen MR) is 186 cm³/mol. The second-order valence-corrected chi connectivity index (χ2v) is 13.5. The van der Waals surface area contributed by atoms with Crippen LogP contribution in [0.2, 0.25) is 5.02 Å². The van der Waals surface area contributed by atoms with E-state index in [1.54, 1.807) is 29.4 Å². The van der Waals surface area contributed by atoms with E-state index < -0.39 is 51.1 Å². The number of methoxy groups -OCH3 is 2. The first-order valence-electron chi connectivity index (χ1n) is 15.3. The molecule has 12 nitrogen and oxygen atoms in total. The number of amides is 2. The molecule has 0 aliphatic carbocycles. The molecule has 0 N–H and O–H groups in total. The minimum atomic E-state index is -5.30. The molecule has 2 amide bonds. The van der Waals surface area contributed by atoms with E-state index in [2.05, 4.69) is 14.6 Å². The largest absolute Gasteiger partial charge is 0.573 e. The van der Waals surface area contributed by atoms with Crippen molar-refractivity contribution in [1.82, 2.24) is 9.88 Å². The average Bonchev–Trinajstić information content (AvgIpc) is 3.37. The Morgan fingerprint density at radius 2 is 1.65 bits per heavy atom. The van der Waals surface area contributed by atoms with Crippen molar-refractivity contribution in [3.05, 3.63) is 101 Å². The van der Waals surface area contributed by atoms with E-state index in [-0.39, 0.29) is 45.7 Å². The maximum absolute atomic E-state index is 14.9. The van der Waals surface area contributed by atoms with Gasteiger partial charge in [0, 0.05) is 54.6 Å². The first-order valence-corrected chi connectivity index (χ1v) is 17.2. The second kappa shape index (κ2) is 15.1. The van der Waals surface area contributed by atoms with Gasteiger partial charge in [0.15, 0.2) is 5.75 Å².